The van der Waals surface area contributed by atoms with Crippen LogP contribution in [0, 0.1) is 0 Å². The number of aromatic nitrogens is 1. The molecule has 3 rings (SSSR count). The van der Waals surface area contributed by atoms with Crippen LogP contribution < -0.4 is 15.2 Å². The third kappa shape index (κ3) is 2.89. The molecule has 0 saturated carbocycles. The Hall–Kier alpha value is -1.72. The average Bonchev–Trinajstić information content (AvgIpc) is 2.48. The van der Waals surface area contributed by atoms with Crippen molar-refractivity contribution in [3.05, 3.63) is 42.1 Å². The Morgan fingerprint density at radius 3 is 2.65 bits per heavy atom. The van der Waals surface area contributed by atoms with Crippen LogP contribution in [0.4, 0.5) is 0 Å². The zero-order valence-electron chi connectivity index (χ0n) is 11.2. The summed E-state index contributed by atoms with van der Waals surface area (Å²) in [4.78, 5) is 5.50. The fourth-order valence-electron chi connectivity index (χ4n) is 1.93. The predicted octanol–water partition coefficient (Wildman–Crippen LogP) is 3.02. The van der Waals surface area contributed by atoms with Crippen molar-refractivity contribution in [3.8, 4) is 11.5 Å². The number of pyridine rings is 1. The number of fused-ring (bicyclic) bond motifs is 1. The van der Waals surface area contributed by atoms with Crippen molar-refractivity contribution in [2.24, 2.45) is 5.73 Å². The van der Waals surface area contributed by atoms with Gasteiger partial charge in [-0.25, -0.2) is 4.98 Å². The fourth-order valence-corrected chi connectivity index (χ4v) is 2.71. The van der Waals surface area contributed by atoms with E-state index in [1.54, 1.807) is 11.8 Å². The molecule has 1 aliphatic heterocycles. The number of rotatable bonds is 3. The SMILES string of the molecule is C[C@@H](N)c1ccc(Sc2ccc3c(c2)OCCO3)nc1. The lowest BCUT2D eigenvalue weighted by Gasteiger charge is -2.18. The van der Waals surface area contributed by atoms with E-state index in [0.29, 0.717) is 13.2 Å². The van der Waals surface area contributed by atoms with E-state index >= 15 is 0 Å². The Morgan fingerprint density at radius 1 is 1.15 bits per heavy atom. The molecule has 1 aliphatic rings. The predicted molar refractivity (Wildman–Crippen MR) is 78.4 cm³/mol. The minimum absolute atomic E-state index is 0.0100. The van der Waals surface area contributed by atoms with Gasteiger partial charge in [-0.3, -0.25) is 0 Å². The molecule has 0 radical (unpaired) electrons. The van der Waals surface area contributed by atoms with Crippen molar-refractivity contribution in [2.45, 2.75) is 22.9 Å². The van der Waals surface area contributed by atoms with E-state index in [1.165, 1.54) is 0 Å². The van der Waals surface area contributed by atoms with Gasteiger partial charge >= 0.3 is 0 Å². The molecule has 2 N–H and O–H groups in total. The molecule has 0 bridgehead atoms. The molecule has 0 aliphatic carbocycles. The highest BCUT2D eigenvalue weighted by atomic mass is 32.2. The number of ether oxygens (including phenoxy) is 2. The Labute approximate surface area is 122 Å². The van der Waals surface area contributed by atoms with E-state index in [-0.39, 0.29) is 6.04 Å². The molecule has 0 fully saturated rings. The molecule has 20 heavy (non-hydrogen) atoms. The first-order chi connectivity index (χ1) is 9.72. The van der Waals surface area contributed by atoms with E-state index in [0.717, 1.165) is 27.0 Å². The molecule has 1 atom stereocenters. The molecule has 1 aromatic carbocycles. The Balaban J connectivity index is 1.77. The summed E-state index contributed by atoms with van der Waals surface area (Å²) in [6, 6.07) is 9.95. The molecule has 0 amide bonds. The summed E-state index contributed by atoms with van der Waals surface area (Å²) in [5.41, 5.74) is 6.85. The van der Waals surface area contributed by atoms with Gasteiger partial charge in [0.1, 0.15) is 18.2 Å². The van der Waals surface area contributed by atoms with Gasteiger partial charge in [0.2, 0.25) is 0 Å². The van der Waals surface area contributed by atoms with Crippen LogP contribution in [0.3, 0.4) is 0 Å². The Kier molecular flexibility index (Phi) is 3.80. The van der Waals surface area contributed by atoms with Gasteiger partial charge in [0.25, 0.3) is 0 Å². The van der Waals surface area contributed by atoms with E-state index in [2.05, 4.69) is 4.98 Å². The van der Waals surface area contributed by atoms with E-state index in [4.69, 9.17) is 15.2 Å². The minimum atomic E-state index is 0.0100. The molecule has 5 heteroatoms. The summed E-state index contributed by atoms with van der Waals surface area (Å²) in [6.45, 7) is 3.16. The van der Waals surface area contributed by atoms with Gasteiger partial charge in [-0.15, -0.1) is 0 Å². The molecule has 1 aromatic heterocycles. The number of benzene rings is 1. The van der Waals surface area contributed by atoms with Gasteiger partial charge in [0.15, 0.2) is 11.5 Å². The molecular weight excluding hydrogens is 272 g/mol. The quantitative estimate of drug-likeness (QED) is 0.940. The standard InChI is InChI=1S/C15H16N2O2S/c1-10(16)11-2-5-15(17-9-11)20-12-3-4-13-14(8-12)19-7-6-18-13/h2-5,8-10H,6-7,16H2,1H3/t10-/m1/s1. The molecule has 2 heterocycles. The van der Waals surface area contributed by atoms with Crippen LogP contribution in [-0.2, 0) is 0 Å². The summed E-state index contributed by atoms with van der Waals surface area (Å²) in [5, 5.41) is 0.936. The molecule has 0 spiro atoms. The zero-order chi connectivity index (χ0) is 13.9. The van der Waals surface area contributed by atoms with Crippen LogP contribution >= 0.6 is 11.8 Å². The third-order valence-corrected chi connectivity index (χ3v) is 3.96. The number of nitrogens with zero attached hydrogens (tertiary/aromatic N) is 1. The van der Waals surface area contributed by atoms with Crippen LogP contribution in [0.15, 0.2) is 46.5 Å². The first-order valence-corrected chi connectivity index (χ1v) is 7.33. The van der Waals surface area contributed by atoms with Crippen molar-refractivity contribution in [1.29, 1.82) is 0 Å². The van der Waals surface area contributed by atoms with Crippen LogP contribution in [-0.4, -0.2) is 18.2 Å². The molecule has 0 saturated heterocycles. The van der Waals surface area contributed by atoms with Gasteiger partial charge in [0, 0.05) is 17.1 Å². The van der Waals surface area contributed by atoms with E-state index in [9.17, 15) is 0 Å². The smallest absolute Gasteiger partial charge is 0.162 e. The highest BCUT2D eigenvalue weighted by Gasteiger charge is 2.12. The van der Waals surface area contributed by atoms with Gasteiger partial charge in [0.05, 0.1) is 0 Å². The first-order valence-electron chi connectivity index (χ1n) is 6.51. The number of hydrogen-bond acceptors (Lipinski definition) is 5. The second-order valence-corrected chi connectivity index (χ2v) is 5.72. The van der Waals surface area contributed by atoms with Crippen LogP contribution in [0.2, 0.25) is 0 Å². The van der Waals surface area contributed by atoms with Gasteiger partial charge < -0.3 is 15.2 Å². The van der Waals surface area contributed by atoms with Gasteiger partial charge in [-0.1, -0.05) is 17.8 Å². The van der Waals surface area contributed by atoms with Crippen molar-refractivity contribution in [3.63, 3.8) is 0 Å². The lowest BCUT2D eigenvalue weighted by atomic mass is 10.2. The maximum atomic E-state index is 5.82. The maximum Gasteiger partial charge on any atom is 0.162 e. The molecule has 4 nitrogen and oxygen atoms in total. The minimum Gasteiger partial charge on any atom is -0.486 e. The topological polar surface area (TPSA) is 57.4 Å². The van der Waals surface area contributed by atoms with Crippen molar-refractivity contribution in [1.82, 2.24) is 4.98 Å². The second-order valence-electron chi connectivity index (χ2n) is 4.63. The normalized spacial score (nSPS) is 14.9. The van der Waals surface area contributed by atoms with Crippen molar-refractivity contribution >= 4 is 11.8 Å². The summed E-state index contributed by atoms with van der Waals surface area (Å²) in [7, 11) is 0. The zero-order valence-corrected chi connectivity index (χ0v) is 12.0. The van der Waals surface area contributed by atoms with E-state index in [1.807, 2.05) is 43.5 Å². The van der Waals surface area contributed by atoms with Crippen LogP contribution in [0.1, 0.15) is 18.5 Å². The van der Waals surface area contributed by atoms with Crippen molar-refractivity contribution in [2.75, 3.05) is 13.2 Å². The summed E-state index contributed by atoms with van der Waals surface area (Å²) >= 11 is 1.59. The molecular formula is C15H16N2O2S. The second kappa shape index (κ2) is 5.73. The van der Waals surface area contributed by atoms with Crippen LogP contribution in [0.25, 0.3) is 0 Å². The summed E-state index contributed by atoms with van der Waals surface area (Å²) in [5.74, 6) is 1.61. The Morgan fingerprint density at radius 2 is 1.95 bits per heavy atom. The lowest BCUT2D eigenvalue weighted by Crippen LogP contribution is -2.15. The maximum absolute atomic E-state index is 5.82. The highest BCUT2D eigenvalue weighted by Crippen LogP contribution is 2.36. The average molecular weight is 288 g/mol. The van der Waals surface area contributed by atoms with E-state index < -0.39 is 0 Å². The van der Waals surface area contributed by atoms with Crippen molar-refractivity contribution < 1.29 is 9.47 Å². The number of nitrogens with two attached hydrogens (primary N) is 1. The highest BCUT2D eigenvalue weighted by molar-refractivity contribution is 7.99. The molecule has 104 valence electrons. The largest absolute Gasteiger partial charge is 0.486 e. The lowest BCUT2D eigenvalue weighted by molar-refractivity contribution is 0.171. The van der Waals surface area contributed by atoms with Gasteiger partial charge in [-0.05, 0) is 36.8 Å². The van der Waals surface area contributed by atoms with Gasteiger partial charge in [-0.2, -0.15) is 0 Å². The third-order valence-electron chi connectivity index (χ3n) is 3.02. The summed E-state index contributed by atoms with van der Waals surface area (Å²) < 4.78 is 11.1. The fraction of sp³-hybridized carbons (Fsp3) is 0.267. The summed E-state index contributed by atoms with van der Waals surface area (Å²) in [6.07, 6.45) is 1.82. The van der Waals surface area contributed by atoms with Crippen LogP contribution in [0.5, 0.6) is 11.5 Å². The molecule has 2 aromatic rings. The Bertz CT molecular complexity index is 599. The first kappa shape index (κ1) is 13.3. The molecule has 0 unspecified atom stereocenters. The number of hydrogen-bond donors (Lipinski definition) is 1. The monoisotopic (exact) mass is 288 g/mol.